The van der Waals surface area contributed by atoms with Crippen molar-refractivity contribution in [2.45, 2.75) is 6.42 Å². The number of nitrogens with zero attached hydrogens (tertiary/aromatic N) is 1. The Morgan fingerprint density at radius 1 is 1.25 bits per heavy atom. The van der Waals surface area contributed by atoms with E-state index < -0.39 is 0 Å². The molecule has 86 valence electrons. The van der Waals surface area contributed by atoms with Crippen LogP contribution in [0.4, 0.5) is 10.5 Å². The molecule has 0 aliphatic carbocycles. The standard InChI is InChI=1S/C11H12IN2O2/c1-12-8-2-4-9(5-3-8)14-7-6-10(15)13-11(14)16/h2-5H,6-7H2,1H3,(H,13,15,16)/q-1. The molecular formula is C11H12IN2O2-. The van der Waals surface area contributed by atoms with Crippen molar-refractivity contribution >= 4 is 17.6 Å². The number of imide groups is 1. The fraction of sp³-hybridized carbons (Fsp3) is 0.273. The third kappa shape index (κ3) is 2.34. The van der Waals surface area contributed by atoms with E-state index in [1.54, 1.807) is 4.90 Å². The SMILES string of the molecule is C[I-]c1ccc(N2CCC(=O)NC2=O)cc1. The zero-order chi connectivity index (χ0) is 11.5. The van der Waals surface area contributed by atoms with Gasteiger partial charge < -0.3 is 0 Å². The molecule has 0 bridgehead atoms. The zero-order valence-electron chi connectivity index (χ0n) is 8.87. The summed E-state index contributed by atoms with van der Waals surface area (Å²) in [5.74, 6) is -0.197. The second-order valence-electron chi connectivity index (χ2n) is 3.42. The summed E-state index contributed by atoms with van der Waals surface area (Å²) < 4.78 is 1.34. The molecule has 2 rings (SSSR count). The molecule has 1 aliphatic heterocycles. The van der Waals surface area contributed by atoms with Gasteiger partial charge in [-0.2, -0.15) is 0 Å². The topological polar surface area (TPSA) is 49.4 Å². The summed E-state index contributed by atoms with van der Waals surface area (Å²) in [6, 6.07) is 7.65. The van der Waals surface area contributed by atoms with Crippen molar-refractivity contribution in [3.63, 3.8) is 0 Å². The van der Waals surface area contributed by atoms with E-state index >= 15 is 0 Å². The molecule has 1 saturated heterocycles. The Morgan fingerprint density at radius 2 is 1.94 bits per heavy atom. The van der Waals surface area contributed by atoms with Crippen molar-refractivity contribution in [2.75, 3.05) is 16.4 Å². The van der Waals surface area contributed by atoms with Gasteiger partial charge in [-0.15, -0.1) is 0 Å². The van der Waals surface area contributed by atoms with Gasteiger partial charge >= 0.3 is 104 Å². The molecule has 0 unspecified atom stereocenters. The molecular weight excluding hydrogens is 319 g/mol. The van der Waals surface area contributed by atoms with Gasteiger partial charge in [-0.05, 0) is 0 Å². The van der Waals surface area contributed by atoms with Crippen molar-refractivity contribution in [3.05, 3.63) is 27.8 Å². The zero-order valence-corrected chi connectivity index (χ0v) is 11.0. The average molecular weight is 331 g/mol. The summed E-state index contributed by atoms with van der Waals surface area (Å²) in [6.45, 7) is 0.463. The first kappa shape index (κ1) is 11.4. The summed E-state index contributed by atoms with van der Waals surface area (Å²) in [7, 11) is 0. The molecule has 1 fully saturated rings. The van der Waals surface area contributed by atoms with Crippen LogP contribution in [-0.4, -0.2) is 23.4 Å². The number of benzene rings is 1. The number of carbonyl (C=O) groups excluding carboxylic acids is 2. The number of anilines is 1. The van der Waals surface area contributed by atoms with E-state index in [0.717, 1.165) is 5.69 Å². The first-order chi connectivity index (χ1) is 7.70. The quantitative estimate of drug-likeness (QED) is 0.505. The number of carbonyl (C=O) groups is 2. The van der Waals surface area contributed by atoms with Gasteiger partial charge in [-0.25, -0.2) is 0 Å². The summed E-state index contributed by atoms with van der Waals surface area (Å²) in [4.78, 5) is 26.3. The van der Waals surface area contributed by atoms with E-state index in [2.05, 4.69) is 10.2 Å². The molecule has 1 aromatic rings. The first-order valence-corrected chi connectivity index (χ1v) is 8.15. The fourth-order valence-corrected chi connectivity index (χ4v) is 2.64. The third-order valence-corrected chi connectivity index (χ3v) is 4.38. The van der Waals surface area contributed by atoms with Crippen LogP contribution in [0.15, 0.2) is 24.3 Å². The van der Waals surface area contributed by atoms with E-state index in [1.807, 2.05) is 24.3 Å². The number of amides is 3. The van der Waals surface area contributed by atoms with E-state index in [-0.39, 0.29) is 33.1 Å². The fourth-order valence-electron chi connectivity index (χ4n) is 1.56. The summed E-state index contributed by atoms with van der Waals surface area (Å²) >= 11 is 0.0861. The van der Waals surface area contributed by atoms with Gasteiger partial charge in [0.15, 0.2) is 0 Å². The number of urea groups is 1. The molecule has 0 aromatic heterocycles. The van der Waals surface area contributed by atoms with E-state index in [9.17, 15) is 9.59 Å². The molecule has 4 nitrogen and oxygen atoms in total. The molecule has 0 spiro atoms. The second kappa shape index (κ2) is 4.82. The minimum absolute atomic E-state index is 0.0861. The van der Waals surface area contributed by atoms with Crippen molar-refractivity contribution < 1.29 is 30.8 Å². The van der Waals surface area contributed by atoms with E-state index in [4.69, 9.17) is 0 Å². The van der Waals surface area contributed by atoms with Gasteiger partial charge in [-0.1, -0.05) is 0 Å². The Bertz CT molecular complexity index is 416. The molecule has 5 heteroatoms. The predicted octanol–water partition coefficient (Wildman–Crippen LogP) is -1.98. The molecule has 1 aromatic carbocycles. The number of rotatable bonds is 2. The number of nitrogens with one attached hydrogen (secondary N) is 1. The van der Waals surface area contributed by atoms with Gasteiger partial charge in [0.05, 0.1) is 0 Å². The Balaban J connectivity index is 2.17. The van der Waals surface area contributed by atoms with Gasteiger partial charge in [-0.3, -0.25) is 0 Å². The molecule has 3 amide bonds. The van der Waals surface area contributed by atoms with Crippen LogP contribution >= 0.6 is 0 Å². The van der Waals surface area contributed by atoms with Crippen LogP contribution in [0.2, 0.25) is 0 Å². The van der Waals surface area contributed by atoms with Gasteiger partial charge in [0.1, 0.15) is 0 Å². The van der Waals surface area contributed by atoms with Crippen molar-refractivity contribution in [1.82, 2.24) is 5.32 Å². The minimum atomic E-state index is -0.324. The summed E-state index contributed by atoms with van der Waals surface area (Å²) in [5.41, 5.74) is 0.853. The average Bonchev–Trinajstić information content (AvgIpc) is 2.29. The Labute approximate surface area is 104 Å². The van der Waals surface area contributed by atoms with Crippen molar-refractivity contribution in [3.8, 4) is 0 Å². The number of alkyl halides is 1. The normalized spacial score (nSPS) is 16.4. The Kier molecular flexibility index (Phi) is 3.42. The molecule has 1 heterocycles. The Hall–Kier alpha value is -1.11. The van der Waals surface area contributed by atoms with Gasteiger partial charge in [0, 0.05) is 0 Å². The van der Waals surface area contributed by atoms with Gasteiger partial charge in [0.25, 0.3) is 0 Å². The van der Waals surface area contributed by atoms with Crippen LogP contribution in [-0.2, 0) is 4.79 Å². The summed E-state index contributed by atoms with van der Waals surface area (Å²) in [6.07, 6.45) is 0.369. The maximum atomic E-state index is 11.6. The van der Waals surface area contributed by atoms with Crippen LogP contribution in [0.5, 0.6) is 0 Å². The van der Waals surface area contributed by atoms with Crippen molar-refractivity contribution in [2.24, 2.45) is 0 Å². The van der Waals surface area contributed by atoms with Crippen LogP contribution in [0.1, 0.15) is 6.42 Å². The van der Waals surface area contributed by atoms with Crippen LogP contribution in [0.3, 0.4) is 0 Å². The molecule has 1 aliphatic rings. The molecule has 0 atom stereocenters. The Morgan fingerprint density at radius 3 is 2.50 bits per heavy atom. The molecule has 0 saturated carbocycles. The van der Waals surface area contributed by atoms with Crippen LogP contribution < -0.4 is 31.4 Å². The number of hydrogen-bond donors (Lipinski definition) is 1. The maximum absolute atomic E-state index is 11.6. The number of hydrogen-bond acceptors (Lipinski definition) is 2. The predicted molar refractivity (Wildman–Crippen MR) is 56.6 cm³/mol. The number of halogens is 1. The van der Waals surface area contributed by atoms with Crippen molar-refractivity contribution in [1.29, 1.82) is 0 Å². The third-order valence-electron chi connectivity index (χ3n) is 2.41. The molecule has 0 radical (unpaired) electrons. The summed E-state index contributed by atoms with van der Waals surface area (Å²) in [5, 5.41) is 2.31. The van der Waals surface area contributed by atoms with Gasteiger partial charge in [0.2, 0.25) is 0 Å². The molecule has 16 heavy (non-hydrogen) atoms. The molecule has 1 N–H and O–H groups in total. The van der Waals surface area contributed by atoms with E-state index in [0.29, 0.717) is 13.0 Å². The monoisotopic (exact) mass is 331 g/mol. The van der Waals surface area contributed by atoms with Crippen LogP contribution in [0.25, 0.3) is 0 Å². The van der Waals surface area contributed by atoms with E-state index in [1.165, 1.54) is 3.57 Å². The van der Waals surface area contributed by atoms with Crippen LogP contribution in [0, 0.1) is 3.57 Å². The first-order valence-electron chi connectivity index (χ1n) is 4.91. The second-order valence-corrected chi connectivity index (χ2v) is 5.74.